The van der Waals surface area contributed by atoms with Crippen LogP contribution in [0.2, 0.25) is 5.02 Å². The van der Waals surface area contributed by atoms with Crippen molar-refractivity contribution < 1.29 is 0 Å². The highest BCUT2D eigenvalue weighted by atomic mass is 35.5. The summed E-state index contributed by atoms with van der Waals surface area (Å²) in [7, 11) is 1.94. The fourth-order valence-corrected chi connectivity index (χ4v) is 1.41. The molecule has 3 heteroatoms. The van der Waals surface area contributed by atoms with E-state index in [1.54, 1.807) is 6.20 Å². The Hall–Kier alpha value is -0.600. The van der Waals surface area contributed by atoms with Gasteiger partial charge in [-0.05, 0) is 25.1 Å². The third-order valence-electron chi connectivity index (χ3n) is 1.89. The van der Waals surface area contributed by atoms with Crippen molar-refractivity contribution in [2.45, 2.75) is 19.4 Å². The van der Waals surface area contributed by atoms with Crippen molar-refractivity contribution in [2.75, 3.05) is 7.05 Å². The van der Waals surface area contributed by atoms with Crippen LogP contribution in [-0.4, -0.2) is 12.0 Å². The molecule has 0 saturated heterocycles. The summed E-state index contributed by atoms with van der Waals surface area (Å²) < 4.78 is 0. The number of halogens is 1. The maximum atomic E-state index is 5.81. The first kappa shape index (κ1) is 9.49. The molecule has 1 heterocycles. The lowest BCUT2D eigenvalue weighted by Crippen LogP contribution is -2.15. The summed E-state index contributed by atoms with van der Waals surface area (Å²) in [6, 6.07) is 2.30. The first-order valence-electron chi connectivity index (χ1n) is 4.05. The SMILES string of the molecule is CCC(NC)c1cncc(Cl)c1. The van der Waals surface area contributed by atoms with Crippen molar-refractivity contribution in [3.05, 3.63) is 29.0 Å². The molecule has 1 unspecified atom stereocenters. The van der Waals surface area contributed by atoms with Crippen LogP contribution in [0.25, 0.3) is 0 Å². The van der Waals surface area contributed by atoms with Gasteiger partial charge in [0, 0.05) is 18.4 Å². The van der Waals surface area contributed by atoms with Crippen molar-refractivity contribution in [3.8, 4) is 0 Å². The van der Waals surface area contributed by atoms with E-state index in [0.29, 0.717) is 11.1 Å². The molecule has 66 valence electrons. The molecule has 2 nitrogen and oxygen atoms in total. The number of pyridine rings is 1. The Labute approximate surface area is 78.0 Å². The van der Waals surface area contributed by atoms with Crippen LogP contribution in [0.15, 0.2) is 18.5 Å². The van der Waals surface area contributed by atoms with Gasteiger partial charge in [-0.2, -0.15) is 0 Å². The van der Waals surface area contributed by atoms with Crippen LogP contribution in [-0.2, 0) is 0 Å². The van der Waals surface area contributed by atoms with E-state index < -0.39 is 0 Å². The van der Waals surface area contributed by atoms with E-state index in [2.05, 4.69) is 17.2 Å². The number of aromatic nitrogens is 1. The summed E-state index contributed by atoms with van der Waals surface area (Å²) in [5.41, 5.74) is 1.15. The summed E-state index contributed by atoms with van der Waals surface area (Å²) in [6.07, 6.45) is 4.53. The molecule has 0 aromatic carbocycles. The predicted molar refractivity (Wildman–Crippen MR) is 51.3 cm³/mol. The lowest BCUT2D eigenvalue weighted by atomic mass is 10.1. The maximum Gasteiger partial charge on any atom is 0.0592 e. The monoisotopic (exact) mass is 184 g/mol. The lowest BCUT2D eigenvalue weighted by Gasteiger charge is -2.13. The third-order valence-corrected chi connectivity index (χ3v) is 2.09. The maximum absolute atomic E-state index is 5.81. The fourth-order valence-electron chi connectivity index (χ4n) is 1.23. The summed E-state index contributed by atoms with van der Waals surface area (Å²) in [5, 5.41) is 3.89. The minimum absolute atomic E-state index is 0.358. The Morgan fingerprint density at radius 2 is 2.33 bits per heavy atom. The first-order chi connectivity index (χ1) is 5.77. The van der Waals surface area contributed by atoms with Gasteiger partial charge in [0.25, 0.3) is 0 Å². The van der Waals surface area contributed by atoms with Crippen molar-refractivity contribution in [1.29, 1.82) is 0 Å². The van der Waals surface area contributed by atoms with Crippen LogP contribution in [0.5, 0.6) is 0 Å². The van der Waals surface area contributed by atoms with Gasteiger partial charge in [0.05, 0.1) is 5.02 Å². The minimum atomic E-state index is 0.358. The van der Waals surface area contributed by atoms with Crippen LogP contribution >= 0.6 is 11.6 Å². The second-order valence-electron chi connectivity index (χ2n) is 2.69. The van der Waals surface area contributed by atoms with Crippen molar-refractivity contribution >= 4 is 11.6 Å². The summed E-state index contributed by atoms with van der Waals surface area (Å²) >= 11 is 5.81. The van der Waals surface area contributed by atoms with E-state index in [-0.39, 0.29) is 0 Å². The second kappa shape index (κ2) is 4.43. The molecule has 0 fully saturated rings. The van der Waals surface area contributed by atoms with E-state index in [1.807, 2.05) is 19.3 Å². The standard InChI is InChI=1S/C9H13ClN2/c1-3-9(11-2)7-4-8(10)6-12-5-7/h4-6,9,11H,3H2,1-2H3. The smallest absolute Gasteiger partial charge is 0.0592 e. The van der Waals surface area contributed by atoms with Gasteiger partial charge in [-0.1, -0.05) is 18.5 Å². The largest absolute Gasteiger partial charge is 0.313 e. The van der Waals surface area contributed by atoms with Crippen molar-refractivity contribution in [2.24, 2.45) is 0 Å². The molecule has 0 bridgehead atoms. The molecule has 0 aliphatic heterocycles. The van der Waals surface area contributed by atoms with Gasteiger partial charge >= 0.3 is 0 Å². The third kappa shape index (κ3) is 2.19. The quantitative estimate of drug-likeness (QED) is 0.781. The van der Waals surface area contributed by atoms with Crippen LogP contribution < -0.4 is 5.32 Å². The number of hydrogen-bond acceptors (Lipinski definition) is 2. The van der Waals surface area contributed by atoms with E-state index in [9.17, 15) is 0 Å². The van der Waals surface area contributed by atoms with E-state index in [0.717, 1.165) is 12.0 Å². The molecule has 0 aliphatic carbocycles. The predicted octanol–water partition coefficient (Wildman–Crippen LogP) is 2.41. The Morgan fingerprint density at radius 1 is 1.58 bits per heavy atom. The summed E-state index contributed by atoms with van der Waals surface area (Å²) in [4.78, 5) is 4.03. The van der Waals surface area contributed by atoms with Crippen molar-refractivity contribution in [3.63, 3.8) is 0 Å². The molecular weight excluding hydrogens is 172 g/mol. The van der Waals surface area contributed by atoms with Crippen LogP contribution in [0.1, 0.15) is 24.9 Å². The van der Waals surface area contributed by atoms with E-state index >= 15 is 0 Å². The fraction of sp³-hybridized carbons (Fsp3) is 0.444. The first-order valence-corrected chi connectivity index (χ1v) is 4.43. The Bertz CT molecular complexity index is 246. The number of nitrogens with zero attached hydrogens (tertiary/aromatic N) is 1. The van der Waals surface area contributed by atoms with Crippen LogP contribution in [0.3, 0.4) is 0 Å². The molecule has 0 saturated carbocycles. The average molecular weight is 185 g/mol. The van der Waals surface area contributed by atoms with Gasteiger partial charge in [-0.25, -0.2) is 0 Å². The van der Waals surface area contributed by atoms with Crippen molar-refractivity contribution in [1.82, 2.24) is 10.3 Å². The highest BCUT2D eigenvalue weighted by molar-refractivity contribution is 6.30. The number of nitrogens with one attached hydrogen (secondary N) is 1. The van der Waals surface area contributed by atoms with Gasteiger partial charge in [0.15, 0.2) is 0 Å². The van der Waals surface area contributed by atoms with E-state index in [4.69, 9.17) is 11.6 Å². The molecule has 0 amide bonds. The van der Waals surface area contributed by atoms with Gasteiger partial charge in [0.2, 0.25) is 0 Å². The second-order valence-corrected chi connectivity index (χ2v) is 3.12. The van der Waals surface area contributed by atoms with E-state index in [1.165, 1.54) is 0 Å². The lowest BCUT2D eigenvalue weighted by molar-refractivity contribution is 0.575. The summed E-state index contributed by atoms with van der Waals surface area (Å²) in [5.74, 6) is 0. The zero-order valence-electron chi connectivity index (χ0n) is 7.34. The average Bonchev–Trinajstić information content (AvgIpc) is 2.07. The summed E-state index contributed by atoms with van der Waals surface area (Å²) in [6.45, 7) is 2.13. The van der Waals surface area contributed by atoms with Crippen LogP contribution in [0, 0.1) is 0 Å². The Balaban J connectivity index is 2.85. The number of hydrogen-bond donors (Lipinski definition) is 1. The number of rotatable bonds is 3. The zero-order chi connectivity index (χ0) is 8.97. The van der Waals surface area contributed by atoms with Crippen LogP contribution in [0.4, 0.5) is 0 Å². The van der Waals surface area contributed by atoms with Gasteiger partial charge in [-0.3, -0.25) is 4.98 Å². The highest BCUT2D eigenvalue weighted by Gasteiger charge is 2.06. The molecule has 12 heavy (non-hydrogen) atoms. The highest BCUT2D eigenvalue weighted by Crippen LogP contribution is 2.17. The Kier molecular flexibility index (Phi) is 3.50. The van der Waals surface area contributed by atoms with Gasteiger partial charge in [0.1, 0.15) is 0 Å². The molecule has 1 aromatic heterocycles. The molecule has 1 N–H and O–H groups in total. The topological polar surface area (TPSA) is 24.9 Å². The molecule has 0 spiro atoms. The zero-order valence-corrected chi connectivity index (χ0v) is 8.10. The Morgan fingerprint density at radius 3 is 2.83 bits per heavy atom. The normalized spacial score (nSPS) is 12.9. The van der Waals surface area contributed by atoms with Gasteiger partial charge in [-0.15, -0.1) is 0 Å². The molecular formula is C9H13ClN2. The molecule has 0 radical (unpaired) electrons. The molecule has 1 aromatic rings. The molecule has 1 atom stereocenters. The van der Waals surface area contributed by atoms with Gasteiger partial charge < -0.3 is 5.32 Å². The molecule has 1 rings (SSSR count). The minimum Gasteiger partial charge on any atom is -0.313 e. The molecule has 0 aliphatic rings.